The number of rotatable bonds is 0. The lowest BCUT2D eigenvalue weighted by molar-refractivity contribution is -0.137. The minimum absolute atomic E-state index is 0.560. The number of thioether (sulfide) groups is 1. The highest BCUT2D eigenvalue weighted by Gasteiger charge is 2.31. The molecule has 1 N–H and O–H groups in total. The van der Waals surface area contributed by atoms with Crippen LogP contribution in [0.15, 0.2) is 23.1 Å². The van der Waals surface area contributed by atoms with Gasteiger partial charge in [0, 0.05) is 23.7 Å². The zero-order chi connectivity index (χ0) is 10.9. The molecular weight excluding hydrogens is 223 g/mol. The second-order valence-electron chi connectivity index (χ2n) is 3.35. The summed E-state index contributed by atoms with van der Waals surface area (Å²) in [5.41, 5.74) is 0.390. The Morgan fingerprint density at radius 2 is 2.07 bits per heavy atom. The monoisotopic (exact) mass is 233 g/mol. The molecule has 1 heterocycles. The van der Waals surface area contributed by atoms with E-state index >= 15 is 0 Å². The zero-order valence-corrected chi connectivity index (χ0v) is 8.71. The van der Waals surface area contributed by atoms with Gasteiger partial charge in [0.15, 0.2) is 0 Å². The number of benzene rings is 1. The maximum Gasteiger partial charge on any atom is 0.416 e. The molecule has 0 fully saturated rings. The summed E-state index contributed by atoms with van der Waals surface area (Å²) in [4.78, 5) is 0.745. The van der Waals surface area contributed by atoms with Gasteiger partial charge in [-0.05, 0) is 17.7 Å². The highest BCUT2D eigenvalue weighted by atomic mass is 32.2. The van der Waals surface area contributed by atoms with Crippen LogP contribution < -0.4 is 5.32 Å². The highest BCUT2D eigenvalue weighted by molar-refractivity contribution is 7.99. The molecule has 0 aliphatic carbocycles. The molecule has 0 saturated carbocycles. The molecule has 0 saturated heterocycles. The van der Waals surface area contributed by atoms with Crippen LogP contribution in [0.1, 0.15) is 11.1 Å². The Labute approximate surface area is 90.1 Å². The molecule has 1 aromatic rings. The van der Waals surface area contributed by atoms with Crippen molar-refractivity contribution in [1.29, 1.82) is 0 Å². The molecule has 1 aliphatic heterocycles. The second-order valence-corrected chi connectivity index (χ2v) is 4.48. The standard InChI is InChI=1S/C10H10F3NS/c11-10(12,13)8-2-1-7-6-14-3-4-15-9(7)5-8/h1-2,5,14H,3-4,6H2. The summed E-state index contributed by atoms with van der Waals surface area (Å²) in [5, 5.41) is 3.16. The predicted molar refractivity (Wildman–Crippen MR) is 53.9 cm³/mol. The first kappa shape index (κ1) is 10.8. The maximum absolute atomic E-state index is 12.4. The molecule has 1 aromatic carbocycles. The van der Waals surface area contributed by atoms with Crippen molar-refractivity contribution >= 4 is 11.8 Å². The number of fused-ring (bicyclic) bond motifs is 1. The Balaban J connectivity index is 2.36. The number of hydrogen-bond donors (Lipinski definition) is 1. The Hall–Kier alpha value is -0.680. The quantitative estimate of drug-likeness (QED) is 0.739. The normalized spacial score (nSPS) is 17.0. The van der Waals surface area contributed by atoms with Crippen molar-refractivity contribution in [2.75, 3.05) is 12.3 Å². The van der Waals surface area contributed by atoms with Crippen molar-refractivity contribution in [3.63, 3.8) is 0 Å². The summed E-state index contributed by atoms with van der Waals surface area (Å²) in [5.74, 6) is 0.814. The van der Waals surface area contributed by atoms with E-state index in [1.807, 2.05) is 0 Å². The van der Waals surface area contributed by atoms with Crippen LogP contribution in [0, 0.1) is 0 Å². The molecule has 1 nitrogen and oxygen atoms in total. The van der Waals surface area contributed by atoms with Crippen LogP contribution in [0.4, 0.5) is 13.2 Å². The van der Waals surface area contributed by atoms with Crippen molar-refractivity contribution in [1.82, 2.24) is 5.32 Å². The van der Waals surface area contributed by atoms with Crippen LogP contribution in [0.5, 0.6) is 0 Å². The Morgan fingerprint density at radius 1 is 1.27 bits per heavy atom. The van der Waals surface area contributed by atoms with Gasteiger partial charge < -0.3 is 5.32 Å². The summed E-state index contributed by atoms with van der Waals surface area (Å²) < 4.78 is 37.3. The first-order valence-electron chi connectivity index (χ1n) is 4.61. The van der Waals surface area contributed by atoms with Crippen LogP contribution in [0.2, 0.25) is 0 Å². The first-order chi connectivity index (χ1) is 7.07. The molecule has 0 spiro atoms. The van der Waals surface area contributed by atoms with Crippen molar-refractivity contribution in [3.05, 3.63) is 29.3 Å². The van der Waals surface area contributed by atoms with Crippen molar-refractivity contribution in [2.45, 2.75) is 17.6 Å². The van der Waals surface area contributed by atoms with Gasteiger partial charge in [-0.1, -0.05) is 6.07 Å². The highest BCUT2D eigenvalue weighted by Crippen LogP contribution is 2.34. The maximum atomic E-state index is 12.4. The van der Waals surface area contributed by atoms with Crippen LogP contribution in [0.3, 0.4) is 0 Å². The number of halogens is 3. The fourth-order valence-corrected chi connectivity index (χ4v) is 2.47. The van der Waals surface area contributed by atoms with Gasteiger partial charge in [-0.2, -0.15) is 13.2 Å². The van der Waals surface area contributed by atoms with Crippen molar-refractivity contribution in [2.24, 2.45) is 0 Å². The number of nitrogens with one attached hydrogen (secondary N) is 1. The van der Waals surface area contributed by atoms with Gasteiger partial charge in [-0.25, -0.2) is 0 Å². The molecule has 5 heteroatoms. The summed E-state index contributed by atoms with van der Waals surface area (Å²) in [7, 11) is 0. The van der Waals surface area contributed by atoms with E-state index in [0.717, 1.165) is 28.8 Å². The van der Waals surface area contributed by atoms with E-state index in [2.05, 4.69) is 5.32 Å². The lowest BCUT2D eigenvalue weighted by atomic mass is 10.1. The predicted octanol–water partition coefficient (Wildman–Crippen LogP) is 2.90. The lowest BCUT2D eigenvalue weighted by Gasteiger charge is -2.10. The Morgan fingerprint density at radius 3 is 2.80 bits per heavy atom. The van der Waals surface area contributed by atoms with Gasteiger partial charge in [0.05, 0.1) is 5.56 Å². The molecule has 1 aliphatic rings. The van der Waals surface area contributed by atoms with Crippen LogP contribution >= 0.6 is 11.8 Å². The van der Waals surface area contributed by atoms with E-state index in [-0.39, 0.29) is 0 Å². The van der Waals surface area contributed by atoms with Crippen molar-refractivity contribution < 1.29 is 13.2 Å². The third-order valence-corrected chi connectivity index (χ3v) is 3.35. The summed E-state index contributed by atoms with van der Waals surface area (Å²) in [6, 6.07) is 3.95. The lowest BCUT2D eigenvalue weighted by Crippen LogP contribution is -2.14. The average Bonchev–Trinajstić information content (AvgIpc) is 2.39. The van der Waals surface area contributed by atoms with E-state index in [9.17, 15) is 13.2 Å². The van der Waals surface area contributed by atoms with E-state index < -0.39 is 11.7 Å². The van der Waals surface area contributed by atoms with Crippen LogP contribution in [0.25, 0.3) is 0 Å². The number of hydrogen-bond acceptors (Lipinski definition) is 2. The van der Waals surface area contributed by atoms with Gasteiger partial charge >= 0.3 is 6.18 Å². The minimum atomic E-state index is -4.24. The molecule has 0 amide bonds. The third kappa shape index (κ3) is 2.46. The Kier molecular flexibility index (Phi) is 2.93. The third-order valence-electron chi connectivity index (χ3n) is 2.25. The average molecular weight is 233 g/mol. The summed E-state index contributed by atoms with van der Waals surface area (Å²) in [6.07, 6.45) is -4.24. The zero-order valence-electron chi connectivity index (χ0n) is 7.90. The smallest absolute Gasteiger partial charge is 0.312 e. The molecule has 82 valence electrons. The van der Waals surface area contributed by atoms with Gasteiger partial charge in [0.25, 0.3) is 0 Å². The molecule has 2 rings (SSSR count). The SMILES string of the molecule is FC(F)(F)c1ccc2c(c1)SCCNC2. The molecule has 0 radical (unpaired) electrons. The molecule has 0 unspecified atom stereocenters. The minimum Gasteiger partial charge on any atom is -0.312 e. The van der Waals surface area contributed by atoms with E-state index in [4.69, 9.17) is 0 Å². The van der Waals surface area contributed by atoms with E-state index in [1.165, 1.54) is 17.8 Å². The Bertz CT molecular complexity index is 362. The first-order valence-corrected chi connectivity index (χ1v) is 5.59. The van der Waals surface area contributed by atoms with Gasteiger partial charge in [0.2, 0.25) is 0 Å². The van der Waals surface area contributed by atoms with E-state index in [1.54, 1.807) is 6.07 Å². The fraction of sp³-hybridized carbons (Fsp3) is 0.400. The molecule has 15 heavy (non-hydrogen) atoms. The van der Waals surface area contributed by atoms with Gasteiger partial charge in [-0.3, -0.25) is 0 Å². The molecule has 0 atom stereocenters. The van der Waals surface area contributed by atoms with Crippen LogP contribution in [-0.4, -0.2) is 12.3 Å². The molecule has 0 bridgehead atoms. The topological polar surface area (TPSA) is 12.0 Å². The van der Waals surface area contributed by atoms with Gasteiger partial charge in [0.1, 0.15) is 0 Å². The largest absolute Gasteiger partial charge is 0.416 e. The molecular formula is C10H10F3NS. The summed E-state index contributed by atoms with van der Waals surface area (Å²) >= 11 is 1.48. The molecule has 0 aromatic heterocycles. The summed E-state index contributed by atoms with van der Waals surface area (Å²) in [6.45, 7) is 1.49. The van der Waals surface area contributed by atoms with Crippen molar-refractivity contribution in [3.8, 4) is 0 Å². The fourth-order valence-electron chi connectivity index (χ4n) is 1.47. The van der Waals surface area contributed by atoms with E-state index in [0.29, 0.717) is 6.54 Å². The second kappa shape index (κ2) is 4.06. The number of alkyl halides is 3. The van der Waals surface area contributed by atoms with Crippen LogP contribution in [-0.2, 0) is 12.7 Å². The van der Waals surface area contributed by atoms with Gasteiger partial charge in [-0.15, -0.1) is 11.8 Å².